The molecule has 0 radical (unpaired) electrons. The van der Waals surface area contributed by atoms with Gasteiger partial charge in [0.15, 0.2) is 0 Å². The standard InChI is InChI=1S/C18H37FO3S.H3N/c1-2-3-4-5-6-7-8-9-10-11-12-13-14-15-16-17-18-22-23(19,20)21;/h2-18H2,1H3;1H3. The van der Waals surface area contributed by atoms with E-state index in [-0.39, 0.29) is 12.8 Å². The lowest BCUT2D eigenvalue weighted by Gasteiger charge is -2.03. The van der Waals surface area contributed by atoms with E-state index in [1.54, 1.807) is 0 Å². The normalized spacial score (nSPS) is 11.4. The van der Waals surface area contributed by atoms with Gasteiger partial charge in [-0.1, -0.05) is 107 Å². The monoisotopic (exact) mass is 369 g/mol. The molecule has 0 heterocycles. The predicted molar refractivity (Wildman–Crippen MR) is 101 cm³/mol. The van der Waals surface area contributed by atoms with Crippen molar-refractivity contribution in [2.24, 2.45) is 0 Å². The summed E-state index contributed by atoms with van der Waals surface area (Å²) in [5.74, 6) is 0. The minimum atomic E-state index is -4.74. The molecule has 148 valence electrons. The summed E-state index contributed by atoms with van der Waals surface area (Å²) in [5, 5.41) is 0. The predicted octanol–water partition coefficient (Wildman–Crippen LogP) is 6.64. The highest BCUT2D eigenvalue weighted by atomic mass is 32.3. The third kappa shape index (κ3) is 24.1. The van der Waals surface area contributed by atoms with Crippen LogP contribution in [0.15, 0.2) is 0 Å². The molecule has 24 heavy (non-hydrogen) atoms. The van der Waals surface area contributed by atoms with E-state index in [0.29, 0.717) is 6.42 Å². The second kappa shape index (κ2) is 19.1. The molecular formula is C18H40FNO3S. The van der Waals surface area contributed by atoms with Gasteiger partial charge in [0.05, 0.1) is 6.61 Å². The Labute approximate surface area is 149 Å². The van der Waals surface area contributed by atoms with Crippen molar-refractivity contribution in [3.63, 3.8) is 0 Å². The maximum absolute atomic E-state index is 12.0. The largest absolute Gasteiger partial charge is 0.437 e. The van der Waals surface area contributed by atoms with E-state index < -0.39 is 10.5 Å². The van der Waals surface area contributed by atoms with E-state index >= 15 is 0 Å². The summed E-state index contributed by atoms with van der Waals surface area (Å²) >= 11 is 0. The Hall–Kier alpha value is -0.200. The lowest BCUT2D eigenvalue weighted by Crippen LogP contribution is -2.00. The molecule has 0 aromatic carbocycles. The Morgan fingerprint density at radius 2 is 0.917 bits per heavy atom. The smallest absolute Gasteiger partial charge is 0.344 e. The van der Waals surface area contributed by atoms with Crippen LogP contribution in [0.2, 0.25) is 0 Å². The van der Waals surface area contributed by atoms with Crippen LogP contribution in [-0.2, 0) is 14.7 Å². The summed E-state index contributed by atoms with van der Waals surface area (Å²) in [6, 6.07) is 0. The molecule has 0 aliphatic rings. The molecule has 0 aliphatic heterocycles. The van der Waals surface area contributed by atoms with E-state index in [9.17, 15) is 12.3 Å². The van der Waals surface area contributed by atoms with Gasteiger partial charge in [0.25, 0.3) is 0 Å². The van der Waals surface area contributed by atoms with E-state index in [2.05, 4.69) is 11.1 Å². The zero-order valence-corrected chi connectivity index (χ0v) is 16.6. The molecule has 0 spiro atoms. The summed E-state index contributed by atoms with van der Waals surface area (Å²) < 4.78 is 36.3. The van der Waals surface area contributed by atoms with Crippen LogP contribution in [-0.4, -0.2) is 15.0 Å². The van der Waals surface area contributed by atoms with Crippen molar-refractivity contribution in [2.75, 3.05) is 6.61 Å². The molecule has 3 N–H and O–H groups in total. The van der Waals surface area contributed by atoms with Crippen molar-refractivity contribution >= 4 is 10.5 Å². The Bertz CT molecular complexity index is 337. The van der Waals surface area contributed by atoms with Crippen molar-refractivity contribution < 1.29 is 16.5 Å². The van der Waals surface area contributed by atoms with Crippen molar-refractivity contribution in [2.45, 2.75) is 110 Å². The highest BCUT2D eigenvalue weighted by Gasteiger charge is 2.05. The second-order valence-electron chi connectivity index (χ2n) is 6.52. The number of rotatable bonds is 18. The van der Waals surface area contributed by atoms with Crippen LogP contribution in [0.5, 0.6) is 0 Å². The lowest BCUT2D eigenvalue weighted by atomic mass is 10.0. The summed E-state index contributed by atoms with van der Waals surface area (Å²) in [6.07, 6.45) is 20.1. The van der Waals surface area contributed by atoms with Gasteiger partial charge < -0.3 is 6.15 Å². The zero-order valence-electron chi connectivity index (χ0n) is 15.7. The van der Waals surface area contributed by atoms with Gasteiger partial charge in [-0.05, 0) is 6.42 Å². The van der Waals surface area contributed by atoms with Crippen LogP contribution >= 0.6 is 0 Å². The minimum Gasteiger partial charge on any atom is -0.344 e. The Kier molecular flexibility index (Phi) is 20.7. The van der Waals surface area contributed by atoms with Crippen LogP contribution in [0.25, 0.3) is 0 Å². The van der Waals surface area contributed by atoms with Gasteiger partial charge in [-0.25, -0.2) is 4.18 Å². The van der Waals surface area contributed by atoms with E-state index in [1.807, 2.05) is 0 Å². The molecular weight excluding hydrogens is 329 g/mol. The third-order valence-electron chi connectivity index (χ3n) is 4.22. The number of hydrogen-bond acceptors (Lipinski definition) is 4. The molecule has 0 rings (SSSR count). The van der Waals surface area contributed by atoms with Gasteiger partial charge >= 0.3 is 10.5 Å². The topological polar surface area (TPSA) is 78.4 Å². The molecule has 0 atom stereocenters. The fraction of sp³-hybridized carbons (Fsp3) is 1.00. The maximum atomic E-state index is 12.0. The van der Waals surface area contributed by atoms with Crippen LogP contribution in [0, 0.1) is 0 Å². The summed E-state index contributed by atoms with van der Waals surface area (Å²) in [4.78, 5) is 0. The van der Waals surface area contributed by atoms with Crippen molar-refractivity contribution in [3.05, 3.63) is 0 Å². The second-order valence-corrected chi connectivity index (χ2v) is 7.54. The van der Waals surface area contributed by atoms with Gasteiger partial charge in [0.1, 0.15) is 0 Å². The first kappa shape index (κ1) is 26.0. The maximum Gasteiger partial charge on any atom is 0.437 e. The SMILES string of the molecule is CCCCCCCCCCCCCCCCCCOS(=O)(=O)F.N. The molecule has 6 heteroatoms. The molecule has 0 aliphatic carbocycles. The first-order valence-corrected chi connectivity index (χ1v) is 11.0. The van der Waals surface area contributed by atoms with Crippen molar-refractivity contribution in [3.8, 4) is 0 Å². The van der Waals surface area contributed by atoms with Crippen LogP contribution in [0.1, 0.15) is 110 Å². The molecule has 0 fully saturated rings. The molecule has 0 aromatic heterocycles. The zero-order chi connectivity index (χ0) is 17.2. The quantitative estimate of drug-likeness (QED) is 0.217. The molecule has 0 amide bonds. The van der Waals surface area contributed by atoms with Crippen molar-refractivity contribution in [1.82, 2.24) is 6.15 Å². The first-order valence-electron chi connectivity index (χ1n) is 9.65. The summed E-state index contributed by atoms with van der Waals surface area (Å²) in [6.45, 7) is 2.23. The molecule has 0 saturated heterocycles. The molecule has 0 unspecified atom stereocenters. The molecule has 0 saturated carbocycles. The van der Waals surface area contributed by atoms with Gasteiger partial charge in [-0.2, -0.15) is 8.42 Å². The fourth-order valence-corrected chi connectivity index (χ4v) is 3.13. The number of hydrogen-bond donors (Lipinski definition) is 1. The third-order valence-corrected chi connectivity index (χ3v) is 4.67. The fourth-order valence-electron chi connectivity index (χ4n) is 2.81. The molecule has 0 aromatic rings. The Morgan fingerprint density at radius 1 is 0.625 bits per heavy atom. The first-order chi connectivity index (χ1) is 11.1. The van der Waals surface area contributed by atoms with Crippen LogP contribution < -0.4 is 6.15 Å². The number of unbranched alkanes of at least 4 members (excludes halogenated alkanes) is 15. The molecule has 4 nitrogen and oxygen atoms in total. The van der Waals surface area contributed by atoms with Crippen LogP contribution in [0.4, 0.5) is 3.89 Å². The highest BCUT2D eigenvalue weighted by molar-refractivity contribution is 7.81. The molecule has 0 bridgehead atoms. The number of halogens is 1. The van der Waals surface area contributed by atoms with Gasteiger partial charge in [-0.3, -0.25) is 0 Å². The highest BCUT2D eigenvalue weighted by Crippen LogP contribution is 2.13. The van der Waals surface area contributed by atoms with E-state index in [4.69, 9.17) is 0 Å². The summed E-state index contributed by atoms with van der Waals surface area (Å²) in [7, 11) is -4.74. The average Bonchev–Trinajstić information content (AvgIpc) is 2.49. The van der Waals surface area contributed by atoms with Gasteiger partial charge in [-0.15, -0.1) is 0 Å². The van der Waals surface area contributed by atoms with Gasteiger partial charge in [0.2, 0.25) is 0 Å². The average molecular weight is 370 g/mol. The lowest BCUT2D eigenvalue weighted by molar-refractivity contribution is 0.284. The van der Waals surface area contributed by atoms with Crippen LogP contribution in [0.3, 0.4) is 0 Å². The Balaban J connectivity index is 0. The minimum absolute atomic E-state index is 0. The summed E-state index contributed by atoms with van der Waals surface area (Å²) in [5.41, 5.74) is 0. The van der Waals surface area contributed by atoms with E-state index in [1.165, 1.54) is 83.5 Å². The van der Waals surface area contributed by atoms with E-state index in [0.717, 1.165) is 12.8 Å². The Morgan fingerprint density at radius 3 is 1.21 bits per heavy atom. The van der Waals surface area contributed by atoms with Crippen molar-refractivity contribution in [1.29, 1.82) is 0 Å². The van der Waals surface area contributed by atoms with Gasteiger partial charge in [0, 0.05) is 0 Å².